The molecule has 1 saturated carbocycles. The van der Waals surface area contributed by atoms with Gasteiger partial charge in [0.1, 0.15) is 5.76 Å². The molecule has 1 aromatic rings. The quantitative estimate of drug-likeness (QED) is 0.858. The maximum atomic E-state index is 5.68. The fraction of sp³-hybridized carbons (Fsp3) is 0.765. The average molecular weight is 278 g/mol. The van der Waals surface area contributed by atoms with E-state index in [1.54, 1.807) is 0 Å². The highest BCUT2D eigenvalue weighted by Crippen LogP contribution is 2.25. The van der Waals surface area contributed by atoms with Crippen LogP contribution in [0.2, 0.25) is 0 Å². The molecule has 1 aliphatic rings. The predicted molar refractivity (Wildman–Crippen MR) is 83.6 cm³/mol. The lowest BCUT2D eigenvalue weighted by molar-refractivity contribution is 0.249. The molecule has 0 atom stereocenters. The van der Waals surface area contributed by atoms with Crippen LogP contribution in [0.3, 0.4) is 0 Å². The van der Waals surface area contributed by atoms with Crippen LogP contribution < -0.4 is 5.32 Å². The van der Waals surface area contributed by atoms with Gasteiger partial charge in [-0.05, 0) is 52.6 Å². The Kier molecular flexibility index (Phi) is 5.28. The summed E-state index contributed by atoms with van der Waals surface area (Å²) < 4.78 is 5.68. The molecular weight excluding hydrogens is 248 g/mol. The molecule has 0 spiro atoms. The Morgan fingerprint density at radius 3 is 2.65 bits per heavy atom. The van der Waals surface area contributed by atoms with E-state index < -0.39 is 0 Å². The van der Waals surface area contributed by atoms with Crippen LogP contribution in [0.1, 0.15) is 57.8 Å². The molecule has 0 unspecified atom stereocenters. The van der Waals surface area contributed by atoms with Crippen molar-refractivity contribution >= 4 is 0 Å². The Hall–Kier alpha value is -0.800. The molecule has 1 heterocycles. The lowest BCUT2D eigenvalue weighted by atomic mass is 10.1. The van der Waals surface area contributed by atoms with Gasteiger partial charge in [-0.15, -0.1) is 0 Å². The van der Waals surface area contributed by atoms with Crippen molar-refractivity contribution < 1.29 is 4.42 Å². The second kappa shape index (κ2) is 6.77. The zero-order chi connectivity index (χ0) is 14.6. The first kappa shape index (κ1) is 15.6. The van der Waals surface area contributed by atoms with Crippen LogP contribution in [0, 0.1) is 5.92 Å². The highest BCUT2D eigenvalue weighted by Gasteiger charge is 2.18. The van der Waals surface area contributed by atoms with Crippen LogP contribution >= 0.6 is 0 Å². The number of nitrogens with zero attached hydrogens (tertiary/aromatic N) is 1. The summed E-state index contributed by atoms with van der Waals surface area (Å²) in [5, 5.41) is 3.53. The van der Waals surface area contributed by atoms with Crippen molar-refractivity contribution in [3.63, 3.8) is 0 Å². The summed E-state index contributed by atoms with van der Waals surface area (Å²) in [5.41, 5.74) is 1.43. The van der Waals surface area contributed by atoms with Crippen LogP contribution in [-0.2, 0) is 13.1 Å². The lowest BCUT2D eigenvalue weighted by Gasteiger charge is -2.22. The zero-order valence-corrected chi connectivity index (χ0v) is 13.5. The standard InChI is InChI=1S/C17H30N2O/c1-17(2,3)18-11-15-9-10-20-16(15)13-19(4)12-14-7-5-6-8-14/h9-10,14,18H,5-8,11-13H2,1-4H3. The number of furan rings is 1. The number of rotatable bonds is 6. The van der Waals surface area contributed by atoms with Crippen molar-refractivity contribution in [3.8, 4) is 0 Å². The number of nitrogens with one attached hydrogen (secondary N) is 1. The summed E-state index contributed by atoms with van der Waals surface area (Å²) in [6.07, 6.45) is 7.46. The topological polar surface area (TPSA) is 28.4 Å². The largest absolute Gasteiger partial charge is 0.468 e. The van der Waals surface area contributed by atoms with E-state index >= 15 is 0 Å². The van der Waals surface area contributed by atoms with Gasteiger partial charge < -0.3 is 9.73 Å². The minimum absolute atomic E-state index is 0.143. The first-order valence-electron chi connectivity index (χ1n) is 7.93. The molecular formula is C17H30N2O. The van der Waals surface area contributed by atoms with Crippen molar-refractivity contribution in [2.75, 3.05) is 13.6 Å². The highest BCUT2D eigenvalue weighted by molar-refractivity contribution is 5.17. The van der Waals surface area contributed by atoms with Crippen LogP contribution in [0.15, 0.2) is 16.7 Å². The Bertz CT molecular complexity index is 399. The molecule has 1 fully saturated rings. The predicted octanol–water partition coefficient (Wildman–Crippen LogP) is 3.79. The van der Waals surface area contributed by atoms with Crippen molar-refractivity contribution in [2.45, 2.75) is 65.1 Å². The molecule has 3 heteroatoms. The van der Waals surface area contributed by atoms with E-state index in [4.69, 9.17) is 4.42 Å². The summed E-state index contributed by atoms with van der Waals surface area (Å²) in [5.74, 6) is 2.01. The Balaban J connectivity index is 1.84. The third-order valence-corrected chi connectivity index (χ3v) is 4.10. The van der Waals surface area contributed by atoms with Gasteiger partial charge in [0.15, 0.2) is 0 Å². The molecule has 114 valence electrons. The minimum atomic E-state index is 0.143. The van der Waals surface area contributed by atoms with Gasteiger partial charge in [-0.1, -0.05) is 12.8 Å². The van der Waals surface area contributed by atoms with Gasteiger partial charge in [0.2, 0.25) is 0 Å². The maximum absolute atomic E-state index is 5.68. The monoisotopic (exact) mass is 278 g/mol. The SMILES string of the molecule is CN(Cc1occc1CNC(C)(C)C)CC1CCCC1. The molecule has 0 amide bonds. The molecule has 0 aliphatic heterocycles. The van der Waals surface area contributed by atoms with Gasteiger partial charge in [-0.3, -0.25) is 4.90 Å². The van der Waals surface area contributed by atoms with Crippen LogP contribution in [-0.4, -0.2) is 24.0 Å². The first-order chi connectivity index (χ1) is 9.44. The van der Waals surface area contributed by atoms with Gasteiger partial charge in [0.05, 0.1) is 12.8 Å². The van der Waals surface area contributed by atoms with Crippen LogP contribution in [0.25, 0.3) is 0 Å². The van der Waals surface area contributed by atoms with Crippen LogP contribution in [0.4, 0.5) is 0 Å². The second-order valence-electron chi connectivity index (χ2n) is 7.32. The minimum Gasteiger partial charge on any atom is -0.468 e. The smallest absolute Gasteiger partial charge is 0.122 e. The second-order valence-corrected chi connectivity index (χ2v) is 7.32. The summed E-state index contributed by atoms with van der Waals surface area (Å²) in [7, 11) is 2.21. The molecule has 0 radical (unpaired) electrons. The first-order valence-corrected chi connectivity index (χ1v) is 7.93. The zero-order valence-electron chi connectivity index (χ0n) is 13.5. The van der Waals surface area contributed by atoms with Crippen molar-refractivity contribution in [1.82, 2.24) is 10.2 Å². The van der Waals surface area contributed by atoms with E-state index in [9.17, 15) is 0 Å². The number of hydrogen-bond acceptors (Lipinski definition) is 3. The molecule has 0 saturated heterocycles. The van der Waals surface area contributed by atoms with E-state index in [2.05, 4.69) is 44.1 Å². The molecule has 1 aliphatic carbocycles. The van der Waals surface area contributed by atoms with E-state index in [1.807, 2.05) is 6.26 Å². The Labute approximate surface area is 123 Å². The molecule has 2 rings (SSSR count). The molecule has 20 heavy (non-hydrogen) atoms. The summed E-state index contributed by atoms with van der Waals surface area (Å²) in [6.45, 7) is 9.58. The molecule has 0 bridgehead atoms. The summed E-state index contributed by atoms with van der Waals surface area (Å²) in [6, 6.07) is 2.09. The van der Waals surface area contributed by atoms with E-state index in [0.717, 1.165) is 24.8 Å². The average Bonchev–Trinajstić information content (AvgIpc) is 2.97. The van der Waals surface area contributed by atoms with Crippen molar-refractivity contribution in [1.29, 1.82) is 0 Å². The third kappa shape index (κ3) is 4.95. The van der Waals surface area contributed by atoms with Crippen molar-refractivity contribution in [2.24, 2.45) is 5.92 Å². The van der Waals surface area contributed by atoms with Crippen molar-refractivity contribution in [3.05, 3.63) is 23.7 Å². The van der Waals surface area contributed by atoms with Gasteiger partial charge in [-0.2, -0.15) is 0 Å². The maximum Gasteiger partial charge on any atom is 0.122 e. The van der Waals surface area contributed by atoms with Gasteiger partial charge in [0, 0.05) is 24.2 Å². The normalized spacial score (nSPS) is 17.2. The van der Waals surface area contributed by atoms with Crippen LogP contribution in [0.5, 0.6) is 0 Å². The summed E-state index contributed by atoms with van der Waals surface area (Å²) in [4.78, 5) is 2.41. The third-order valence-electron chi connectivity index (χ3n) is 4.10. The number of hydrogen-bond donors (Lipinski definition) is 1. The summed E-state index contributed by atoms with van der Waals surface area (Å²) >= 11 is 0. The van der Waals surface area contributed by atoms with E-state index in [0.29, 0.717) is 0 Å². The Morgan fingerprint density at radius 2 is 2.00 bits per heavy atom. The molecule has 3 nitrogen and oxygen atoms in total. The molecule has 0 aromatic carbocycles. The van der Waals surface area contributed by atoms with E-state index in [1.165, 1.54) is 37.8 Å². The lowest BCUT2D eigenvalue weighted by Crippen LogP contribution is -2.35. The van der Waals surface area contributed by atoms with Gasteiger partial charge in [-0.25, -0.2) is 0 Å². The van der Waals surface area contributed by atoms with Gasteiger partial charge in [0.25, 0.3) is 0 Å². The van der Waals surface area contributed by atoms with E-state index in [-0.39, 0.29) is 5.54 Å². The fourth-order valence-electron chi connectivity index (χ4n) is 2.97. The molecule has 1 aromatic heterocycles. The van der Waals surface area contributed by atoms with Gasteiger partial charge >= 0.3 is 0 Å². The highest BCUT2D eigenvalue weighted by atomic mass is 16.3. The Morgan fingerprint density at radius 1 is 1.30 bits per heavy atom. The molecule has 1 N–H and O–H groups in total. The fourth-order valence-corrected chi connectivity index (χ4v) is 2.97.